The number of carboxylic acids is 1. The van der Waals surface area contributed by atoms with Crippen molar-refractivity contribution in [3.05, 3.63) is 89.7 Å². The van der Waals surface area contributed by atoms with Gasteiger partial charge in [-0.3, -0.25) is 4.79 Å². The second kappa shape index (κ2) is 8.60. The van der Waals surface area contributed by atoms with E-state index in [1.54, 1.807) is 24.3 Å². The Hall–Kier alpha value is -3.67. The van der Waals surface area contributed by atoms with Crippen molar-refractivity contribution in [1.29, 1.82) is 0 Å². The van der Waals surface area contributed by atoms with Gasteiger partial charge in [-0.25, -0.2) is 9.18 Å². The highest BCUT2D eigenvalue weighted by molar-refractivity contribution is 6.05. The van der Waals surface area contributed by atoms with Crippen LogP contribution >= 0.6 is 0 Å². The molecule has 1 heterocycles. The number of rotatable bonds is 5. The van der Waals surface area contributed by atoms with Gasteiger partial charge >= 0.3 is 5.97 Å². The molecule has 0 saturated carbocycles. The molecule has 4 rings (SSSR count). The Morgan fingerprint density at radius 1 is 1.00 bits per heavy atom. The lowest BCUT2D eigenvalue weighted by molar-refractivity contribution is -0.141. The number of ether oxygens (including phenoxy) is 1. The fourth-order valence-electron chi connectivity index (χ4n) is 4.29. The van der Waals surface area contributed by atoms with E-state index in [2.05, 4.69) is 0 Å². The van der Waals surface area contributed by atoms with Crippen LogP contribution in [0.1, 0.15) is 34.8 Å². The molecule has 31 heavy (non-hydrogen) atoms. The number of methoxy groups -OCH3 is 1. The van der Waals surface area contributed by atoms with Crippen molar-refractivity contribution in [3.63, 3.8) is 0 Å². The predicted molar refractivity (Wildman–Crippen MR) is 114 cm³/mol. The first kappa shape index (κ1) is 20.6. The zero-order valence-electron chi connectivity index (χ0n) is 17.0. The molecule has 6 heteroatoms. The highest BCUT2D eigenvalue weighted by Gasteiger charge is 2.43. The van der Waals surface area contributed by atoms with Gasteiger partial charge in [-0.1, -0.05) is 54.6 Å². The number of hydrogen-bond donors (Lipinski definition) is 1. The SMILES string of the molecule is COc1cccc(-c2ccccc2)c1C(=O)N1C(C(=O)O)CCC1c1cccc(F)c1. The van der Waals surface area contributed by atoms with Gasteiger partial charge < -0.3 is 14.7 Å². The molecule has 5 nitrogen and oxygen atoms in total. The average molecular weight is 419 g/mol. The Bertz CT molecular complexity index is 1120. The monoisotopic (exact) mass is 419 g/mol. The van der Waals surface area contributed by atoms with Gasteiger partial charge in [0.25, 0.3) is 5.91 Å². The summed E-state index contributed by atoms with van der Waals surface area (Å²) in [5, 5.41) is 9.81. The maximum Gasteiger partial charge on any atom is 0.326 e. The summed E-state index contributed by atoms with van der Waals surface area (Å²) >= 11 is 0. The lowest BCUT2D eigenvalue weighted by Crippen LogP contribution is -2.42. The van der Waals surface area contributed by atoms with E-state index in [-0.39, 0.29) is 6.42 Å². The molecule has 1 aliphatic rings. The molecule has 1 N–H and O–H groups in total. The summed E-state index contributed by atoms with van der Waals surface area (Å²) in [5.41, 5.74) is 2.34. The summed E-state index contributed by atoms with van der Waals surface area (Å²) in [6, 6.07) is 19.1. The number of likely N-dealkylation sites (tertiary alicyclic amines) is 1. The summed E-state index contributed by atoms with van der Waals surface area (Å²) in [6.45, 7) is 0. The average Bonchev–Trinajstić information content (AvgIpc) is 3.24. The molecule has 2 atom stereocenters. The summed E-state index contributed by atoms with van der Waals surface area (Å²) < 4.78 is 19.4. The first-order valence-corrected chi connectivity index (χ1v) is 10.0. The first-order chi connectivity index (χ1) is 15.0. The minimum Gasteiger partial charge on any atom is -0.496 e. The fourth-order valence-corrected chi connectivity index (χ4v) is 4.29. The highest BCUT2D eigenvalue weighted by Crippen LogP contribution is 2.41. The van der Waals surface area contributed by atoms with Gasteiger partial charge in [-0.15, -0.1) is 0 Å². The number of amides is 1. The Labute approximate surface area is 179 Å². The van der Waals surface area contributed by atoms with Crippen molar-refractivity contribution in [2.75, 3.05) is 7.11 Å². The number of benzene rings is 3. The van der Waals surface area contributed by atoms with E-state index in [1.807, 2.05) is 36.4 Å². The minimum absolute atomic E-state index is 0.290. The Kier molecular flexibility index (Phi) is 5.71. The molecule has 3 aromatic rings. The maximum absolute atomic E-state index is 13.9. The number of halogens is 1. The van der Waals surface area contributed by atoms with Crippen molar-refractivity contribution in [1.82, 2.24) is 4.90 Å². The lowest BCUT2D eigenvalue weighted by Gasteiger charge is -2.30. The Balaban J connectivity index is 1.85. The maximum atomic E-state index is 13.9. The van der Waals surface area contributed by atoms with Crippen LogP contribution in [-0.4, -0.2) is 35.0 Å². The van der Waals surface area contributed by atoms with Gasteiger partial charge in [-0.05, 0) is 47.7 Å². The standard InChI is InChI=1S/C25H22FNO4/c1-31-22-12-6-11-19(16-7-3-2-4-8-16)23(22)24(28)27-20(13-14-21(27)25(29)30)17-9-5-10-18(26)15-17/h2-12,15,20-21H,13-14H2,1H3,(H,29,30). The van der Waals surface area contributed by atoms with Crippen LogP contribution in [0.25, 0.3) is 11.1 Å². The second-order valence-corrected chi connectivity index (χ2v) is 7.46. The van der Waals surface area contributed by atoms with Crippen LogP contribution in [0.4, 0.5) is 4.39 Å². The number of carbonyl (C=O) groups excluding carboxylic acids is 1. The third-order valence-electron chi connectivity index (χ3n) is 5.68. The summed E-state index contributed by atoms with van der Waals surface area (Å²) in [5.74, 6) is -1.59. The first-order valence-electron chi connectivity index (χ1n) is 10.0. The van der Waals surface area contributed by atoms with Crippen molar-refractivity contribution in [2.24, 2.45) is 0 Å². The van der Waals surface area contributed by atoms with Crippen LogP contribution in [0, 0.1) is 5.82 Å². The minimum atomic E-state index is -1.08. The van der Waals surface area contributed by atoms with Gasteiger partial charge in [-0.2, -0.15) is 0 Å². The lowest BCUT2D eigenvalue weighted by atomic mass is 9.96. The fraction of sp³-hybridized carbons (Fsp3) is 0.200. The molecule has 0 aromatic heterocycles. The zero-order chi connectivity index (χ0) is 22.0. The molecule has 1 amide bonds. The number of carboxylic acid groups (broad SMARTS) is 1. The van der Waals surface area contributed by atoms with Gasteiger partial charge in [0.2, 0.25) is 0 Å². The van der Waals surface area contributed by atoms with E-state index in [4.69, 9.17) is 4.74 Å². The second-order valence-electron chi connectivity index (χ2n) is 7.46. The van der Waals surface area contributed by atoms with E-state index < -0.39 is 29.8 Å². The van der Waals surface area contributed by atoms with Crippen LogP contribution in [0.5, 0.6) is 5.75 Å². The smallest absolute Gasteiger partial charge is 0.326 e. The molecule has 1 saturated heterocycles. The third-order valence-corrected chi connectivity index (χ3v) is 5.68. The molecule has 0 aliphatic carbocycles. The van der Waals surface area contributed by atoms with E-state index in [0.717, 1.165) is 5.56 Å². The quantitative estimate of drug-likeness (QED) is 0.637. The van der Waals surface area contributed by atoms with E-state index in [9.17, 15) is 19.1 Å². The summed E-state index contributed by atoms with van der Waals surface area (Å²) in [4.78, 5) is 27.3. The summed E-state index contributed by atoms with van der Waals surface area (Å²) in [6.07, 6.45) is 0.722. The van der Waals surface area contributed by atoms with Gasteiger partial charge in [0.05, 0.1) is 18.7 Å². The molecule has 0 bridgehead atoms. The highest BCUT2D eigenvalue weighted by atomic mass is 19.1. The topological polar surface area (TPSA) is 66.8 Å². The van der Waals surface area contributed by atoms with E-state index in [0.29, 0.717) is 28.9 Å². The molecular weight excluding hydrogens is 397 g/mol. The van der Waals surface area contributed by atoms with Crippen LogP contribution in [0.3, 0.4) is 0 Å². The molecular formula is C25H22FNO4. The molecule has 1 fully saturated rings. The number of aliphatic carboxylic acids is 1. The molecule has 158 valence electrons. The molecule has 0 radical (unpaired) electrons. The molecule has 3 aromatic carbocycles. The van der Waals surface area contributed by atoms with Crippen molar-refractivity contribution in [2.45, 2.75) is 24.9 Å². The largest absolute Gasteiger partial charge is 0.496 e. The Morgan fingerprint density at radius 2 is 1.74 bits per heavy atom. The van der Waals surface area contributed by atoms with Crippen LogP contribution in [0.2, 0.25) is 0 Å². The van der Waals surface area contributed by atoms with Crippen LogP contribution in [0.15, 0.2) is 72.8 Å². The summed E-state index contributed by atoms with van der Waals surface area (Å²) in [7, 11) is 1.48. The normalized spacial score (nSPS) is 18.1. The molecule has 1 aliphatic heterocycles. The zero-order valence-corrected chi connectivity index (χ0v) is 17.0. The van der Waals surface area contributed by atoms with Crippen LogP contribution in [-0.2, 0) is 4.79 Å². The van der Waals surface area contributed by atoms with Crippen LogP contribution < -0.4 is 4.74 Å². The number of hydrogen-bond acceptors (Lipinski definition) is 3. The van der Waals surface area contributed by atoms with Crippen molar-refractivity contribution < 1.29 is 23.8 Å². The Morgan fingerprint density at radius 3 is 2.42 bits per heavy atom. The number of carbonyl (C=O) groups is 2. The van der Waals surface area contributed by atoms with E-state index >= 15 is 0 Å². The molecule has 0 spiro atoms. The van der Waals surface area contributed by atoms with Crippen molar-refractivity contribution in [3.8, 4) is 16.9 Å². The third kappa shape index (κ3) is 3.89. The van der Waals surface area contributed by atoms with Gasteiger partial charge in [0, 0.05) is 0 Å². The van der Waals surface area contributed by atoms with Gasteiger partial charge in [0.1, 0.15) is 17.6 Å². The van der Waals surface area contributed by atoms with Crippen molar-refractivity contribution >= 4 is 11.9 Å². The molecule has 2 unspecified atom stereocenters. The van der Waals surface area contributed by atoms with Gasteiger partial charge in [0.15, 0.2) is 0 Å². The van der Waals surface area contributed by atoms with E-state index in [1.165, 1.54) is 24.1 Å². The number of nitrogens with zero attached hydrogens (tertiary/aromatic N) is 1. The predicted octanol–water partition coefficient (Wildman–Crippen LogP) is 4.93.